The summed E-state index contributed by atoms with van der Waals surface area (Å²) in [7, 11) is 0. The fraction of sp³-hybridized carbons (Fsp3) is 0.500. The molecule has 1 aliphatic heterocycles. The molecule has 0 aromatic carbocycles. The molecule has 1 atom stereocenters. The second-order valence-corrected chi connectivity index (χ2v) is 3.78. The Kier molecular flexibility index (Phi) is 2.08. The highest BCUT2D eigenvalue weighted by molar-refractivity contribution is 5.48. The summed E-state index contributed by atoms with van der Waals surface area (Å²) in [6, 6.07) is 3.90. The summed E-state index contributed by atoms with van der Waals surface area (Å²) >= 11 is 0. The molecule has 2 N–H and O–H groups in total. The van der Waals surface area contributed by atoms with Crippen LogP contribution in [0.2, 0.25) is 0 Å². The summed E-state index contributed by atoms with van der Waals surface area (Å²) in [5.74, 6) is 1.40. The molecular weight excluding hydrogens is 162 g/mol. The lowest BCUT2D eigenvalue weighted by Gasteiger charge is -2.17. The number of rotatable bonds is 1. The minimum absolute atomic E-state index is 0.594. The molecule has 3 nitrogen and oxygen atoms in total. The Hall–Kier alpha value is -1.25. The molecule has 0 radical (unpaired) electrons. The van der Waals surface area contributed by atoms with Gasteiger partial charge in [0.2, 0.25) is 0 Å². The molecule has 1 fully saturated rings. The molecule has 0 spiro atoms. The zero-order chi connectivity index (χ0) is 9.26. The largest absolute Gasteiger partial charge is 0.384 e. The first-order valence-electron chi connectivity index (χ1n) is 4.72. The molecule has 1 aromatic heterocycles. The normalized spacial score (nSPS) is 22.2. The van der Waals surface area contributed by atoms with Crippen LogP contribution in [0.3, 0.4) is 0 Å². The average molecular weight is 177 g/mol. The van der Waals surface area contributed by atoms with Gasteiger partial charge in [0.25, 0.3) is 0 Å². The summed E-state index contributed by atoms with van der Waals surface area (Å²) in [5.41, 5.74) is 6.72. The Morgan fingerprint density at radius 3 is 2.92 bits per heavy atom. The highest BCUT2D eigenvalue weighted by atomic mass is 15.2. The van der Waals surface area contributed by atoms with Crippen LogP contribution in [0.5, 0.6) is 0 Å². The zero-order valence-corrected chi connectivity index (χ0v) is 7.90. The van der Waals surface area contributed by atoms with Crippen molar-refractivity contribution in [3.05, 3.63) is 18.3 Å². The Labute approximate surface area is 78.6 Å². The Bertz CT molecular complexity index is 281. The highest BCUT2D eigenvalue weighted by Gasteiger charge is 2.18. The number of nitrogen functional groups attached to an aromatic ring is 1. The van der Waals surface area contributed by atoms with Gasteiger partial charge >= 0.3 is 0 Å². The maximum Gasteiger partial charge on any atom is 0.123 e. The van der Waals surface area contributed by atoms with Crippen molar-refractivity contribution in [3.63, 3.8) is 0 Å². The van der Waals surface area contributed by atoms with Crippen molar-refractivity contribution in [2.45, 2.75) is 13.3 Å². The van der Waals surface area contributed by atoms with Gasteiger partial charge in [-0.2, -0.15) is 0 Å². The molecule has 1 unspecified atom stereocenters. The number of hydrogen-bond donors (Lipinski definition) is 1. The Morgan fingerprint density at radius 1 is 1.54 bits per heavy atom. The van der Waals surface area contributed by atoms with Crippen molar-refractivity contribution in [3.8, 4) is 0 Å². The van der Waals surface area contributed by atoms with Crippen LogP contribution in [0.15, 0.2) is 18.3 Å². The van der Waals surface area contributed by atoms with Crippen LogP contribution in [-0.4, -0.2) is 18.1 Å². The number of anilines is 2. The number of nitrogens with two attached hydrogens (primary N) is 1. The van der Waals surface area contributed by atoms with Gasteiger partial charge < -0.3 is 10.6 Å². The molecule has 2 heterocycles. The summed E-state index contributed by atoms with van der Waals surface area (Å²) in [4.78, 5) is 6.44. The molecule has 0 bridgehead atoms. The summed E-state index contributed by atoms with van der Waals surface area (Å²) in [6.07, 6.45) is 3.14. The first-order valence-corrected chi connectivity index (χ1v) is 4.72. The molecular formula is C10H15N3. The lowest BCUT2D eigenvalue weighted by atomic mass is 10.2. The Balaban J connectivity index is 2.13. The van der Waals surface area contributed by atoms with Crippen molar-refractivity contribution in [1.29, 1.82) is 0 Å². The summed E-state index contributed by atoms with van der Waals surface area (Å²) < 4.78 is 0. The van der Waals surface area contributed by atoms with Gasteiger partial charge in [-0.15, -0.1) is 0 Å². The second kappa shape index (κ2) is 3.24. The van der Waals surface area contributed by atoms with Gasteiger partial charge in [-0.1, -0.05) is 6.92 Å². The maximum atomic E-state index is 5.52. The fourth-order valence-corrected chi connectivity index (χ4v) is 1.75. The first-order chi connectivity index (χ1) is 6.25. The van der Waals surface area contributed by atoms with E-state index < -0.39 is 0 Å². The van der Waals surface area contributed by atoms with Crippen LogP contribution in [0.25, 0.3) is 0 Å². The molecule has 1 aromatic rings. The lowest BCUT2D eigenvalue weighted by molar-refractivity contribution is 0.659. The van der Waals surface area contributed by atoms with Crippen LogP contribution >= 0.6 is 0 Å². The van der Waals surface area contributed by atoms with Gasteiger partial charge in [0.1, 0.15) is 5.82 Å². The van der Waals surface area contributed by atoms with E-state index in [9.17, 15) is 0 Å². The van der Waals surface area contributed by atoms with Crippen LogP contribution in [0.1, 0.15) is 13.3 Å². The van der Waals surface area contributed by atoms with Crippen molar-refractivity contribution in [1.82, 2.24) is 4.98 Å². The summed E-state index contributed by atoms with van der Waals surface area (Å²) in [6.45, 7) is 4.57. The molecule has 0 amide bonds. The predicted octanol–water partition coefficient (Wildman–Crippen LogP) is 1.51. The molecule has 1 aliphatic rings. The van der Waals surface area contributed by atoms with E-state index in [0.717, 1.165) is 19.0 Å². The molecule has 70 valence electrons. The van der Waals surface area contributed by atoms with Crippen molar-refractivity contribution in [2.75, 3.05) is 23.7 Å². The van der Waals surface area contributed by atoms with Gasteiger partial charge in [-0.05, 0) is 24.5 Å². The topological polar surface area (TPSA) is 42.1 Å². The van der Waals surface area contributed by atoms with E-state index in [1.807, 2.05) is 18.3 Å². The predicted molar refractivity (Wildman–Crippen MR) is 54.6 cm³/mol. The van der Waals surface area contributed by atoms with Crippen molar-refractivity contribution in [2.24, 2.45) is 5.92 Å². The zero-order valence-electron chi connectivity index (χ0n) is 7.90. The molecule has 2 rings (SSSR count). The van der Waals surface area contributed by atoms with Gasteiger partial charge in [-0.25, -0.2) is 4.98 Å². The fourth-order valence-electron chi connectivity index (χ4n) is 1.75. The number of hydrogen-bond acceptors (Lipinski definition) is 3. The molecule has 0 aliphatic carbocycles. The molecule has 3 heteroatoms. The van der Waals surface area contributed by atoms with E-state index >= 15 is 0 Å². The van der Waals surface area contributed by atoms with Gasteiger partial charge in [0.15, 0.2) is 0 Å². The minimum Gasteiger partial charge on any atom is -0.384 e. The number of aromatic nitrogens is 1. The third-order valence-electron chi connectivity index (χ3n) is 2.56. The summed E-state index contributed by atoms with van der Waals surface area (Å²) in [5, 5.41) is 0. The molecule has 13 heavy (non-hydrogen) atoms. The van der Waals surface area contributed by atoms with Crippen LogP contribution in [0.4, 0.5) is 11.5 Å². The van der Waals surface area contributed by atoms with Crippen LogP contribution in [0, 0.1) is 5.92 Å². The third-order valence-corrected chi connectivity index (χ3v) is 2.56. The smallest absolute Gasteiger partial charge is 0.123 e. The van der Waals surface area contributed by atoms with Gasteiger partial charge in [0, 0.05) is 13.1 Å². The van der Waals surface area contributed by atoms with E-state index in [-0.39, 0.29) is 0 Å². The van der Waals surface area contributed by atoms with E-state index in [4.69, 9.17) is 5.73 Å². The average Bonchev–Trinajstić information content (AvgIpc) is 2.53. The SMILES string of the molecule is CC1CCN(c2ccc(N)nc2)C1. The Morgan fingerprint density at radius 2 is 2.38 bits per heavy atom. The monoisotopic (exact) mass is 177 g/mol. The van der Waals surface area contributed by atoms with Crippen molar-refractivity contribution >= 4 is 11.5 Å². The first kappa shape index (κ1) is 8.35. The van der Waals surface area contributed by atoms with Gasteiger partial charge in [-0.3, -0.25) is 0 Å². The van der Waals surface area contributed by atoms with E-state index in [0.29, 0.717) is 5.82 Å². The minimum atomic E-state index is 0.594. The lowest BCUT2D eigenvalue weighted by Crippen LogP contribution is -2.19. The van der Waals surface area contributed by atoms with E-state index in [1.54, 1.807) is 0 Å². The van der Waals surface area contributed by atoms with Gasteiger partial charge in [0.05, 0.1) is 11.9 Å². The van der Waals surface area contributed by atoms with Crippen LogP contribution < -0.4 is 10.6 Å². The van der Waals surface area contributed by atoms with Crippen LogP contribution in [-0.2, 0) is 0 Å². The molecule has 0 saturated carbocycles. The van der Waals surface area contributed by atoms with E-state index in [1.165, 1.54) is 12.1 Å². The standard InChI is InChI=1S/C10H15N3/c1-8-4-5-13(7-8)9-2-3-10(11)12-6-9/h2-3,6,8H,4-5,7H2,1H3,(H2,11,12). The maximum absolute atomic E-state index is 5.52. The number of pyridine rings is 1. The molecule has 1 saturated heterocycles. The quantitative estimate of drug-likeness (QED) is 0.707. The van der Waals surface area contributed by atoms with E-state index in [2.05, 4.69) is 16.8 Å². The third kappa shape index (κ3) is 1.74. The van der Waals surface area contributed by atoms with Crippen molar-refractivity contribution < 1.29 is 0 Å². The second-order valence-electron chi connectivity index (χ2n) is 3.78. The highest BCUT2D eigenvalue weighted by Crippen LogP contribution is 2.22. The number of nitrogens with zero attached hydrogens (tertiary/aromatic N) is 2.